The number of hydrogen-bond acceptors (Lipinski definition) is 4. The van der Waals surface area contributed by atoms with Crippen LogP contribution >= 0.6 is 24.0 Å². The molecule has 0 radical (unpaired) electrons. The van der Waals surface area contributed by atoms with Crippen LogP contribution in [0.2, 0.25) is 0 Å². The number of guanidine groups is 1. The Morgan fingerprint density at radius 3 is 2.59 bits per heavy atom. The molecule has 0 bridgehead atoms. The first-order chi connectivity index (χ1) is 12.6. The second-order valence-corrected chi connectivity index (χ2v) is 5.95. The van der Waals surface area contributed by atoms with Gasteiger partial charge < -0.3 is 20.1 Å². The van der Waals surface area contributed by atoms with E-state index in [9.17, 15) is 0 Å². The highest BCUT2D eigenvalue weighted by Gasteiger charge is 2.10. The fraction of sp³-hybridized carbons (Fsp3) is 0.400. The second-order valence-electron chi connectivity index (χ2n) is 5.95. The third-order valence-electron chi connectivity index (χ3n) is 4.07. The zero-order valence-electron chi connectivity index (χ0n) is 16.6. The smallest absolute Gasteiger partial charge is 0.191 e. The van der Waals surface area contributed by atoms with E-state index in [4.69, 9.17) is 9.47 Å². The highest BCUT2D eigenvalue weighted by Crippen LogP contribution is 2.23. The van der Waals surface area contributed by atoms with Crippen LogP contribution in [0.3, 0.4) is 0 Å². The monoisotopic (exact) mass is 484 g/mol. The van der Waals surface area contributed by atoms with E-state index in [2.05, 4.69) is 20.6 Å². The van der Waals surface area contributed by atoms with E-state index >= 15 is 0 Å². The summed E-state index contributed by atoms with van der Waals surface area (Å²) < 4.78 is 10.7. The van der Waals surface area contributed by atoms with Gasteiger partial charge in [0.2, 0.25) is 0 Å². The standard InChI is InChI=1S/C20H28N4O2.HI/c1-6-21-20(23-12-16-8-7-9-17(10-16)25-4)24-13-18-15(3)19(26-5)14(2)11-22-18;/h7-11H,6,12-13H2,1-5H3,(H2,21,23,24);1H. The number of halogens is 1. The quantitative estimate of drug-likeness (QED) is 0.357. The van der Waals surface area contributed by atoms with Gasteiger partial charge in [0.1, 0.15) is 11.5 Å². The summed E-state index contributed by atoms with van der Waals surface area (Å²) in [7, 11) is 3.35. The van der Waals surface area contributed by atoms with Crippen molar-refractivity contribution in [3.63, 3.8) is 0 Å². The SMILES string of the molecule is CCNC(=NCc1cccc(OC)c1)NCc1ncc(C)c(OC)c1C.I. The van der Waals surface area contributed by atoms with Crippen molar-refractivity contribution in [2.24, 2.45) is 4.99 Å². The minimum absolute atomic E-state index is 0. The van der Waals surface area contributed by atoms with Gasteiger partial charge in [-0.3, -0.25) is 4.98 Å². The van der Waals surface area contributed by atoms with Gasteiger partial charge in [0.15, 0.2) is 5.96 Å². The number of aliphatic imine (C=N–C) groups is 1. The second kappa shape index (κ2) is 11.6. The number of benzene rings is 1. The number of rotatable bonds is 7. The third kappa shape index (κ3) is 6.57. The molecule has 27 heavy (non-hydrogen) atoms. The molecular formula is C20H29IN4O2. The van der Waals surface area contributed by atoms with Crippen molar-refractivity contribution in [2.45, 2.75) is 33.9 Å². The van der Waals surface area contributed by atoms with Crippen molar-refractivity contribution in [1.29, 1.82) is 0 Å². The summed E-state index contributed by atoms with van der Waals surface area (Å²) in [6.45, 7) is 7.99. The van der Waals surface area contributed by atoms with E-state index in [1.165, 1.54) is 0 Å². The highest BCUT2D eigenvalue weighted by molar-refractivity contribution is 14.0. The number of nitrogens with one attached hydrogen (secondary N) is 2. The Kier molecular flexibility index (Phi) is 9.92. The number of methoxy groups -OCH3 is 2. The molecule has 0 amide bonds. The number of pyridine rings is 1. The molecule has 0 aliphatic heterocycles. The van der Waals surface area contributed by atoms with E-state index in [0.29, 0.717) is 13.1 Å². The van der Waals surface area contributed by atoms with Gasteiger partial charge >= 0.3 is 0 Å². The van der Waals surface area contributed by atoms with Gasteiger partial charge in [0, 0.05) is 23.9 Å². The number of aromatic nitrogens is 1. The predicted octanol–water partition coefficient (Wildman–Crippen LogP) is 3.59. The Balaban J connectivity index is 0.00000364. The number of hydrogen-bond donors (Lipinski definition) is 2. The molecule has 0 unspecified atom stereocenters. The maximum Gasteiger partial charge on any atom is 0.191 e. The van der Waals surface area contributed by atoms with Crippen molar-refractivity contribution in [3.8, 4) is 11.5 Å². The summed E-state index contributed by atoms with van der Waals surface area (Å²) >= 11 is 0. The summed E-state index contributed by atoms with van der Waals surface area (Å²) in [4.78, 5) is 9.16. The lowest BCUT2D eigenvalue weighted by Gasteiger charge is -2.15. The van der Waals surface area contributed by atoms with Crippen LogP contribution in [0.4, 0.5) is 0 Å². The molecule has 1 heterocycles. The number of aryl methyl sites for hydroxylation is 1. The molecule has 7 heteroatoms. The Hall–Kier alpha value is -2.03. The van der Waals surface area contributed by atoms with Gasteiger partial charge in [0.25, 0.3) is 0 Å². The van der Waals surface area contributed by atoms with E-state index in [-0.39, 0.29) is 24.0 Å². The summed E-state index contributed by atoms with van der Waals surface area (Å²) in [5.74, 6) is 2.47. The maximum atomic E-state index is 5.47. The largest absolute Gasteiger partial charge is 0.497 e. The normalized spacial score (nSPS) is 10.8. The van der Waals surface area contributed by atoms with E-state index < -0.39 is 0 Å². The van der Waals surface area contributed by atoms with Crippen molar-refractivity contribution in [3.05, 3.63) is 52.8 Å². The topological polar surface area (TPSA) is 67.8 Å². The molecule has 2 rings (SSSR count). The number of ether oxygens (including phenoxy) is 2. The Bertz CT molecular complexity index is 766. The van der Waals surface area contributed by atoms with Gasteiger partial charge in [0.05, 0.1) is 33.0 Å². The lowest BCUT2D eigenvalue weighted by Crippen LogP contribution is -2.37. The Morgan fingerprint density at radius 2 is 1.93 bits per heavy atom. The first-order valence-electron chi connectivity index (χ1n) is 8.73. The molecule has 0 atom stereocenters. The van der Waals surface area contributed by atoms with Crippen LogP contribution in [-0.4, -0.2) is 31.7 Å². The van der Waals surface area contributed by atoms with Crippen molar-refractivity contribution in [2.75, 3.05) is 20.8 Å². The molecule has 148 valence electrons. The molecule has 0 aliphatic rings. The van der Waals surface area contributed by atoms with Gasteiger partial charge in [-0.1, -0.05) is 12.1 Å². The Labute approximate surface area is 178 Å². The minimum atomic E-state index is 0. The summed E-state index contributed by atoms with van der Waals surface area (Å²) in [6.07, 6.45) is 1.84. The van der Waals surface area contributed by atoms with Gasteiger partial charge in [-0.15, -0.1) is 24.0 Å². The molecule has 2 aromatic rings. The molecule has 0 fully saturated rings. The van der Waals surface area contributed by atoms with Gasteiger partial charge in [-0.2, -0.15) is 0 Å². The summed E-state index contributed by atoms with van der Waals surface area (Å²) in [5, 5.41) is 6.60. The maximum absolute atomic E-state index is 5.47. The molecule has 0 spiro atoms. The van der Waals surface area contributed by atoms with Crippen LogP contribution < -0.4 is 20.1 Å². The number of nitrogens with zero attached hydrogens (tertiary/aromatic N) is 2. The van der Waals surface area contributed by atoms with Crippen LogP contribution in [0.1, 0.15) is 29.3 Å². The molecule has 1 aromatic carbocycles. The first kappa shape index (κ1) is 23.0. The molecule has 0 saturated heterocycles. The fourth-order valence-corrected chi connectivity index (χ4v) is 2.70. The van der Waals surface area contributed by atoms with Gasteiger partial charge in [-0.05, 0) is 38.5 Å². The summed E-state index contributed by atoms with van der Waals surface area (Å²) in [6, 6.07) is 7.92. The van der Waals surface area contributed by atoms with Crippen LogP contribution in [-0.2, 0) is 13.1 Å². The Morgan fingerprint density at radius 1 is 1.15 bits per heavy atom. The van der Waals surface area contributed by atoms with Crippen LogP contribution in [0.15, 0.2) is 35.5 Å². The summed E-state index contributed by atoms with van der Waals surface area (Å²) in [5.41, 5.74) is 4.11. The van der Waals surface area contributed by atoms with Crippen molar-refractivity contribution < 1.29 is 9.47 Å². The highest BCUT2D eigenvalue weighted by atomic mass is 127. The minimum Gasteiger partial charge on any atom is -0.497 e. The average Bonchev–Trinajstić information content (AvgIpc) is 2.65. The third-order valence-corrected chi connectivity index (χ3v) is 4.07. The fourth-order valence-electron chi connectivity index (χ4n) is 2.70. The molecule has 1 aromatic heterocycles. The molecular weight excluding hydrogens is 455 g/mol. The predicted molar refractivity (Wildman–Crippen MR) is 120 cm³/mol. The van der Waals surface area contributed by atoms with Gasteiger partial charge in [-0.25, -0.2) is 4.99 Å². The van der Waals surface area contributed by atoms with Crippen molar-refractivity contribution >= 4 is 29.9 Å². The molecule has 0 aliphatic carbocycles. The van der Waals surface area contributed by atoms with E-state index in [1.807, 2.05) is 51.2 Å². The molecule has 0 saturated carbocycles. The van der Waals surface area contributed by atoms with E-state index in [0.717, 1.165) is 46.4 Å². The molecule has 6 nitrogen and oxygen atoms in total. The van der Waals surface area contributed by atoms with Crippen LogP contribution in [0.25, 0.3) is 0 Å². The van der Waals surface area contributed by atoms with Crippen molar-refractivity contribution in [1.82, 2.24) is 15.6 Å². The van der Waals surface area contributed by atoms with Crippen LogP contribution in [0.5, 0.6) is 11.5 Å². The lowest BCUT2D eigenvalue weighted by molar-refractivity contribution is 0.406. The zero-order chi connectivity index (χ0) is 18.9. The first-order valence-corrected chi connectivity index (χ1v) is 8.73. The van der Waals surface area contributed by atoms with E-state index in [1.54, 1.807) is 14.2 Å². The zero-order valence-corrected chi connectivity index (χ0v) is 19.0. The van der Waals surface area contributed by atoms with Crippen LogP contribution in [0, 0.1) is 13.8 Å². The molecule has 2 N–H and O–H groups in total. The lowest BCUT2D eigenvalue weighted by atomic mass is 10.1. The average molecular weight is 484 g/mol.